The van der Waals surface area contributed by atoms with E-state index in [-0.39, 0.29) is 5.56 Å². The van der Waals surface area contributed by atoms with Crippen molar-refractivity contribution in [2.24, 2.45) is 0 Å². The van der Waals surface area contributed by atoms with Crippen LogP contribution >= 0.6 is 0 Å². The molecule has 2 unspecified atom stereocenters. The normalized spacial score (nSPS) is 27.4. The molecule has 0 radical (unpaired) electrons. The fourth-order valence-electron chi connectivity index (χ4n) is 3.22. The molecule has 2 atom stereocenters. The van der Waals surface area contributed by atoms with Gasteiger partial charge >= 0.3 is 0 Å². The van der Waals surface area contributed by atoms with Gasteiger partial charge in [-0.2, -0.15) is 0 Å². The van der Waals surface area contributed by atoms with E-state index in [1.54, 1.807) is 17.0 Å². The average Bonchev–Trinajstić information content (AvgIpc) is 2.96. The van der Waals surface area contributed by atoms with Crippen LogP contribution in [-0.2, 0) is 6.54 Å². The van der Waals surface area contributed by atoms with Crippen molar-refractivity contribution >= 4 is 5.82 Å². The molecule has 2 fully saturated rings. The van der Waals surface area contributed by atoms with Gasteiger partial charge in [0.1, 0.15) is 0 Å². The lowest BCUT2D eigenvalue weighted by molar-refractivity contribution is 0.318. The van der Waals surface area contributed by atoms with E-state index in [0.717, 1.165) is 13.0 Å². The summed E-state index contributed by atoms with van der Waals surface area (Å²) in [6.45, 7) is 5.02. The SMILES string of the molecule is CCn1ccnc(NC2CCN3CCCC23)c1=O. The number of nitrogens with zero attached hydrogens (tertiary/aromatic N) is 3. The summed E-state index contributed by atoms with van der Waals surface area (Å²) in [7, 11) is 0. The van der Waals surface area contributed by atoms with Gasteiger partial charge in [0.25, 0.3) is 5.56 Å². The Morgan fingerprint density at radius 2 is 2.33 bits per heavy atom. The van der Waals surface area contributed by atoms with Crippen LogP contribution in [0.1, 0.15) is 26.2 Å². The van der Waals surface area contributed by atoms with E-state index in [2.05, 4.69) is 15.2 Å². The number of fused-ring (bicyclic) bond motifs is 1. The van der Waals surface area contributed by atoms with Crippen LogP contribution in [0, 0.1) is 0 Å². The van der Waals surface area contributed by atoms with Crippen molar-refractivity contribution < 1.29 is 0 Å². The zero-order valence-corrected chi connectivity index (χ0v) is 10.8. The minimum Gasteiger partial charge on any atom is -0.361 e. The van der Waals surface area contributed by atoms with Gasteiger partial charge in [-0.05, 0) is 32.7 Å². The first-order valence-electron chi connectivity index (χ1n) is 6.85. The summed E-state index contributed by atoms with van der Waals surface area (Å²) in [4.78, 5) is 18.8. The van der Waals surface area contributed by atoms with Crippen LogP contribution in [0.2, 0.25) is 0 Å². The topological polar surface area (TPSA) is 50.2 Å². The van der Waals surface area contributed by atoms with Crippen LogP contribution in [0.25, 0.3) is 0 Å². The molecule has 1 N–H and O–H groups in total. The van der Waals surface area contributed by atoms with Gasteiger partial charge in [-0.3, -0.25) is 9.69 Å². The highest BCUT2D eigenvalue weighted by Gasteiger charge is 2.37. The molecule has 5 nitrogen and oxygen atoms in total. The predicted molar refractivity (Wildman–Crippen MR) is 70.8 cm³/mol. The quantitative estimate of drug-likeness (QED) is 0.864. The molecule has 0 spiro atoms. The number of anilines is 1. The van der Waals surface area contributed by atoms with Crippen molar-refractivity contribution in [2.45, 2.75) is 44.8 Å². The Morgan fingerprint density at radius 1 is 1.44 bits per heavy atom. The predicted octanol–water partition coefficient (Wildman–Crippen LogP) is 0.912. The molecule has 18 heavy (non-hydrogen) atoms. The van der Waals surface area contributed by atoms with Gasteiger partial charge in [-0.15, -0.1) is 0 Å². The molecule has 0 bridgehead atoms. The second-order valence-electron chi connectivity index (χ2n) is 5.15. The molecule has 1 aromatic heterocycles. The molecule has 2 aliphatic rings. The van der Waals surface area contributed by atoms with Gasteiger partial charge in [-0.1, -0.05) is 0 Å². The number of nitrogens with one attached hydrogen (secondary N) is 1. The molecule has 5 heteroatoms. The number of rotatable bonds is 3. The van der Waals surface area contributed by atoms with Gasteiger partial charge in [-0.25, -0.2) is 4.98 Å². The van der Waals surface area contributed by atoms with Gasteiger partial charge in [0, 0.05) is 37.6 Å². The summed E-state index contributed by atoms with van der Waals surface area (Å²) < 4.78 is 1.69. The first-order chi connectivity index (χ1) is 8.79. The van der Waals surface area contributed by atoms with Crippen molar-refractivity contribution in [3.63, 3.8) is 0 Å². The molecule has 3 rings (SSSR count). The van der Waals surface area contributed by atoms with Crippen molar-refractivity contribution in [3.8, 4) is 0 Å². The highest BCUT2D eigenvalue weighted by atomic mass is 16.1. The Kier molecular flexibility index (Phi) is 3.07. The monoisotopic (exact) mass is 248 g/mol. The van der Waals surface area contributed by atoms with E-state index in [1.165, 1.54) is 19.4 Å². The van der Waals surface area contributed by atoms with Crippen LogP contribution in [0.4, 0.5) is 5.82 Å². The summed E-state index contributed by atoms with van der Waals surface area (Å²) >= 11 is 0. The van der Waals surface area contributed by atoms with E-state index in [4.69, 9.17) is 0 Å². The lowest BCUT2D eigenvalue weighted by Gasteiger charge is -2.21. The number of aromatic nitrogens is 2. The Morgan fingerprint density at radius 3 is 3.17 bits per heavy atom. The Bertz CT molecular complexity index is 484. The number of hydrogen-bond acceptors (Lipinski definition) is 4. The van der Waals surface area contributed by atoms with E-state index in [9.17, 15) is 4.79 Å². The fourth-order valence-corrected chi connectivity index (χ4v) is 3.22. The first-order valence-corrected chi connectivity index (χ1v) is 6.85. The molecule has 0 saturated carbocycles. The molecule has 2 saturated heterocycles. The maximum absolute atomic E-state index is 12.1. The van der Waals surface area contributed by atoms with E-state index in [1.807, 2.05) is 6.92 Å². The van der Waals surface area contributed by atoms with Crippen molar-refractivity contribution in [1.82, 2.24) is 14.5 Å². The van der Waals surface area contributed by atoms with Crippen LogP contribution < -0.4 is 10.9 Å². The Balaban J connectivity index is 1.79. The standard InChI is InChI=1S/C13H20N4O/c1-2-16-9-6-14-12(13(16)18)15-10-5-8-17-7-3-4-11(10)17/h6,9-11H,2-5,7-8H2,1H3,(H,14,15). The third kappa shape index (κ3) is 1.92. The van der Waals surface area contributed by atoms with Gasteiger partial charge in [0.15, 0.2) is 5.82 Å². The summed E-state index contributed by atoms with van der Waals surface area (Å²) in [5, 5.41) is 3.37. The van der Waals surface area contributed by atoms with E-state index in [0.29, 0.717) is 24.4 Å². The van der Waals surface area contributed by atoms with Gasteiger partial charge in [0.2, 0.25) is 0 Å². The third-order valence-corrected chi connectivity index (χ3v) is 4.18. The number of aryl methyl sites for hydroxylation is 1. The lowest BCUT2D eigenvalue weighted by atomic mass is 10.1. The molecule has 0 aromatic carbocycles. The van der Waals surface area contributed by atoms with E-state index >= 15 is 0 Å². The summed E-state index contributed by atoms with van der Waals surface area (Å²) in [6.07, 6.45) is 7.09. The fraction of sp³-hybridized carbons (Fsp3) is 0.692. The second-order valence-corrected chi connectivity index (χ2v) is 5.15. The van der Waals surface area contributed by atoms with Crippen molar-refractivity contribution in [2.75, 3.05) is 18.4 Å². The van der Waals surface area contributed by atoms with Crippen LogP contribution in [0.3, 0.4) is 0 Å². The van der Waals surface area contributed by atoms with Crippen molar-refractivity contribution in [1.29, 1.82) is 0 Å². The molecule has 2 aliphatic heterocycles. The second kappa shape index (κ2) is 4.72. The zero-order chi connectivity index (χ0) is 12.5. The third-order valence-electron chi connectivity index (χ3n) is 4.18. The summed E-state index contributed by atoms with van der Waals surface area (Å²) in [5.41, 5.74) is -0.00329. The Labute approximate surface area is 107 Å². The van der Waals surface area contributed by atoms with Gasteiger partial charge < -0.3 is 9.88 Å². The molecular weight excluding hydrogens is 228 g/mol. The minimum atomic E-state index is -0.00329. The largest absolute Gasteiger partial charge is 0.361 e. The van der Waals surface area contributed by atoms with Crippen LogP contribution in [0.15, 0.2) is 17.2 Å². The van der Waals surface area contributed by atoms with E-state index < -0.39 is 0 Å². The van der Waals surface area contributed by atoms with Gasteiger partial charge in [0.05, 0.1) is 0 Å². The molecule has 1 aromatic rings. The van der Waals surface area contributed by atoms with Crippen molar-refractivity contribution in [3.05, 3.63) is 22.7 Å². The maximum atomic E-state index is 12.1. The molecule has 3 heterocycles. The highest BCUT2D eigenvalue weighted by molar-refractivity contribution is 5.33. The average molecular weight is 248 g/mol. The smallest absolute Gasteiger partial charge is 0.293 e. The molecule has 98 valence electrons. The first kappa shape index (κ1) is 11.7. The molecule has 0 aliphatic carbocycles. The van der Waals surface area contributed by atoms with Crippen LogP contribution in [-0.4, -0.2) is 39.6 Å². The lowest BCUT2D eigenvalue weighted by Crippen LogP contribution is -2.36. The zero-order valence-electron chi connectivity index (χ0n) is 10.8. The molecule has 0 amide bonds. The Hall–Kier alpha value is -1.36. The highest BCUT2D eigenvalue weighted by Crippen LogP contribution is 2.29. The van der Waals surface area contributed by atoms with Crippen LogP contribution in [0.5, 0.6) is 0 Å². The maximum Gasteiger partial charge on any atom is 0.293 e. The summed E-state index contributed by atoms with van der Waals surface area (Å²) in [5.74, 6) is 0.512. The summed E-state index contributed by atoms with van der Waals surface area (Å²) in [6, 6.07) is 0.988. The minimum absolute atomic E-state index is 0.00329. The number of hydrogen-bond donors (Lipinski definition) is 1. The molecular formula is C13H20N4O.